The number of Topliss-reactive ketones (excluding diaryl/α,β-unsaturated/α-hetero) is 1. The van der Waals surface area contributed by atoms with Gasteiger partial charge in [-0.05, 0) is 67.3 Å². The van der Waals surface area contributed by atoms with Gasteiger partial charge in [0.2, 0.25) is 5.78 Å². The largest absolute Gasteiger partial charge is 0.456 e. The van der Waals surface area contributed by atoms with E-state index in [1.807, 2.05) is 13.0 Å². The lowest BCUT2D eigenvalue weighted by atomic mass is 9.44. The van der Waals surface area contributed by atoms with Gasteiger partial charge in [0.05, 0.1) is 6.10 Å². The summed E-state index contributed by atoms with van der Waals surface area (Å²) >= 11 is 0. The number of methoxy groups -OCH3 is 1. The highest BCUT2D eigenvalue weighted by molar-refractivity contribution is 5.92. The molecule has 4 rings (SSSR count). The van der Waals surface area contributed by atoms with Crippen LogP contribution in [-0.4, -0.2) is 59.8 Å². The van der Waals surface area contributed by atoms with Crippen LogP contribution in [-0.2, 0) is 23.9 Å². The number of fused-ring (bicyclic) bond motifs is 5. The molecule has 0 spiro atoms. The maximum Gasteiger partial charge on any atom is 0.332 e. The number of aliphatic hydroxyl groups excluding tert-OH is 1. The van der Waals surface area contributed by atoms with Crippen LogP contribution in [0.1, 0.15) is 59.3 Å². The first-order chi connectivity index (χ1) is 15.0. The monoisotopic (exact) mass is 448 g/mol. The van der Waals surface area contributed by atoms with Gasteiger partial charge >= 0.3 is 5.97 Å². The SMILES string of the molecule is COCC(=O)OCC(=O)[C@@]1(O)CC[C@H]2[C@@H]3C[C@H](C)C4=CC(=O)CC[C@]4(C)[C@H]3[C@@H](O)C[C@@]21C. The maximum atomic E-state index is 13.1. The van der Waals surface area contributed by atoms with Gasteiger partial charge in [0, 0.05) is 18.9 Å². The Balaban J connectivity index is 1.62. The molecule has 7 heteroatoms. The molecule has 0 amide bonds. The Morgan fingerprint density at radius 1 is 1.22 bits per heavy atom. The Labute approximate surface area is 189 Å². The van der Waals surface area contributed by atoms with E-state index in [-0.39, 0.29) is 41.5 Å². The Morgan fingerprint density at radius 3 is 2.62 bits per heavy atom. The minimum Gasteiger partial charge on any atom is -0.456 e. The third-order valence-corrected chi connectivity index (χ3v) is 9.45. The normalized spacial score (nSPS) is 45.4. The number of hydrogen-bond donors (Lipinski definition) is 2. The number of hydrogen-bond acceptors (Lipinski definition) is 7. The average molecular weight is 449 g/mol. The van der Waals surface area contributed by atoms with E-state index < -0.39 is 35.5 Å². The molecule has 0 radical (unpaired) electrons. The second-order valence-electron chi connectivity index (χ2n) is 11.0. The molecule has 0 aromatic carbocycles. The summed E-state index contributed by atoms with van der Waals surface area (Å²) in [4.78, 5) is 36.9. The van der Waals surface area contributed by atoms with Crippen LogP contribution in [0.25, 0.3) is 0 Å². The summed E-state index contributed by atoms with van der Waals surface area (Å²) in [6.45, 7) is 5.52. The van der Waals surface area contributed by atoms with Gasteiger partial charge in [-0.1, -0.05) is 26.3 Å². The Kier molecular flexibility index (Phi) is 5.92. The van der Waals surface area contributed by atoms with Gasteiger partial charge in [0.1, 0.15) is 12.2 Å². The highest BCUT2D eigenvalue weighted by Crippen LogP contribution is 2.68. The van der Waals surface area contributed by atoms with Crippen LogP contribution in [0.5, 0.6) is 0 Å². The molecule has 3 fully saturated rings. The first-order valence-corrected chi connectivity index (χ1v) is 11.8. The molecule has 0 unspecified atom stereocenters. The number of ketones is 2. The van der Waals surface area contributed by atoms with Crippen molar-refractivity contribution in [2.24, 2.45) is 34.5 Å². The molecule has 0 aromatic rings. The molecule has 4 aliphatic carbocycles. The fraction of sp³-hybridized carbons (Fsp3) is 0.800. The van der Waals surface area contributed by atoms with E-state index in [2.05, 4.69) is 13.8 Å². The second-order valence-corrected chi connectivity index (χ2v) is 11.0. The molecule has 8 atom stereocenters. The zero-order valence-electron chi connectivity index (χ0n) is 19.6. The zero-order valence-corrected chi connectivity index (χ0v) is 19.6. The van der Waals surface area contributed by atoms with Crippen molar-refractivity contribution in [3.63, 3.8) is 0 Å². The van der Waals surface area contributed by atoms with E-state index >= 15 is 0 Å². The number of rotatable bonds is 5. The molecule has 4 aliphatic rings. The summed E-state index contributed by atoms with van der Waals surface area (Å²) in [6.07, 6.45) is 4.53. The van der Waals surface area contributed by atoms with Gasteiger partial charge in [0.25, 0.3) is 0 Å². The van der Waals surface area contributed by atoms with Crippen LogP contribution in [0.2, 0.25) is 0 Å². The van der Waals surface area contributed by atoms with E-state index in [4.69, 9.17) is 9.47 Å². The van der Waals surface area contributed by atoms with Crippen molar-refractivity contribution < 1.29 is 34.1 Å². The summed E-state index contributed by atoms with van der Waals surface area (Å²) in [7, 11) is 1.37. The van der Waals surface area contributed by atoms with Gasteiger partial charge < -0.3 is 19.7 Å². The Bertz CT molecular complexity index is 849. The quantitative estimate of drug-likeness (QED) is 0.621. The topological polar surface area (TPSA) is 110 Å². The lowest BCUT2D eigenvalue weighted by Gasteiger charge is -2.61. The minimum atomic E-state index is -1.64. The van der Waals surface area contributed by atoms with Gasteiger partial charge in [-0.25, -0.2) is 4.79 Å². The number of aliphatic hydroxyl groups is 2. The van der Waals surface area contributed by atoms with Crippen LogP contribution < -0.4 is 0 Å². The van der Waals surface area contributed by atoms with Crippen LogP contribution in [0.15, 0.2) is 11.6 Å². The van der Waals surface area contributed by atoms with E-state index in [0.717, 1.165) is 18.4 Å². The molecule has 178 valence electrons. The van der Waals surface area contributed by atoms with Crippen LogP contribution in [0.3, 0.4) is 0 Å². The number of ether oxygens (including phenoxy) is 2. The van der Waals surface area contributed by atoms with Crippen LogP contribution >= 0.6 is 0 Å². The Morgan fingerprint density at radius 2 is 1.94 bits per heavy atom. The standard InChI is InChI=1S/C25H36O7/c1-14-9-16-17-6-8-25(30,20(28)12-32-21(29)13-31-4)24(17,3)11-19(27)22(16)23(2)7-5-15(26)10-18(14)23/h10,14,16-17,19,22,27,30H,5-9,11-13H2,1-4H3/t14-,16-,17-,19-,22+,23-,24-,25-/m0/s1. The molecule has 2 N–H and O–H groups in total. The first-order valence-electron chi connectivity index (χ1n) is 11.8. The van der Waals surface area contributed by atoms with E-state index in [1.54, 1.807) is 0 Å². The van der Waals surface area contributed by atoms with Crippen molar-refractivity contribution in [3.8, 4) is 0 Å². The predicted octanol–water partition coefficient (Wildman–Crippen LogP) is 2.22. The lowest BCUT2D eigenvalue weighted by Crippen LogP contribution is -2.62. The van der Waals surface area contributed by atoms with E-state index in [9.17, 15) is 24.6 Å². The van der Waals surface area contributed by atoms with Gasteiger partial charge in [-0.2, -0.15) is 0 Å². The van der Waals surface area contributed by atoms with E-state index in [0.29, 0.717) is 25.7 Å². The lowest BCUT2D eigenvalue weighted by molar-refractivity contribution is -0.186. The summed E-state index contributed by atoms with van der Waals surface area (Å²) in [5, 5.41) is 23.1. The summed E-state index contributed by atoms with van der Waals surface area (Å²) < 4.78 is 9.75. The van der Waals surface area contributed by atoms with Gasteiger partial charge in [-0.3, -0.25) is 9.59 Å². The summed E-state index contributed by atoms with van der Waals surface area (Å²) in [5.74, 6) is -0.510. The average Bonchev–Trinajstić information content (AvgIpc) is 2.99. The maximum absolute atomic E-state index is 13.1. The molecule has 7 nitrogen and oxygen atoms in total. The smallest absolute Gasteiger partial charge is 0.332 e. The fourth-order valence-electron chi connectivity index (χ4n) is 8.01. The highest BCUT2D eigenvalue weighted by atomic mass is 16.6. The van der Waals surface area contributed by atoms with Crippen molar-refractivity contribution in [1.82, 2.24) is 0 Å². The molecule has 3 saturated carbocycles. The van der Waals surface area contributed by atoms with Crippen molar-refractivity contribution in [2.75, 3.05) is 20.3 Å². The van der Waals surface area contributed by atoms with Crippen LogP contribution in [0.4, 0.5) is 0 Å². The molecular weight excluding hydrogens is 412 g/mol. The molecule has 0 heterocycles. The van der Waals surface area contributed by atoms with Crippen molar-refractivity contribution in [3.05, 3.63) is 11.6 Å². The first kappa shape index (κ1) is 23.6. The molecule has 32 heavy (non-hydrogen) atoms. The molecule has 0 saturated heterocycles. The minimum absolute atomic E-state index is 0.00751. The van der Waals surface area contributed by atoms with Gasteiger partial charge in [0.15, 0.2) is 12.4 Å². The highest BCUT2D eigenvalue weighted by Gasteiger charge is 2.68. The van der Waals surface area contributed by atoms with E-state index in [1.165, 1.54) is 7.11 Å². The number of carbonyl (C=O) groups is 3. The van der Waals surface area contributed by atoms with Gasteiger partial charge in [-0.15, -0.1) is 0 Å². The third-order valence-electron chi connectivity index (χ3n) is 9.45. The molecule has 0 bridgehead atoms. The zero-order chi connectivity index (χ0) is 23.5. The molecule has 0 aromatic heterocycles. The second kappa shape index (κ2) is 8.03. The fourth-order valence-corrected chi connectivity index (χ4v) is 8.01. The summed E-state index contributed by atoms with van der Waals surface area (Å²) in [6, 6.07) is 0. The Hall–Kier alpha value is -1.57. The number of esters is 1. The predicted molar refractivity (Wildman–Crippen MR) is 115 cm³/mol. The molecule has 0 aliphatic heterocycles. The number of allylic oxidation sites excluding steroid dienone is 1. The van der Waals surface area contributed by atoms with Crippen LogP contribution in [0, 0.1) is 34.5 Å². The summed E-state index contributed by atoms with van der Waals surface area (Å²) in [5.41, 5.74) is -1.51. The molecular formula is C25H36O7. The van der Waals surface area contributed by atoms with Crippen molar-refractivity contribution in [2.45, 2.75) is 71.0 Å². The van der Waals surface area contributed by atoms with Crippen molar-refractivity contribution >= 4 is 17.5 Å². The third kappa shape index (κ3) is 3.31. The number of carbonyl (C=O) groups excluding carboxylic acids is 3. The van der Waals surface area contributed by atoms with Crippen molar-refractivity contribution in [1.29, 1.82) is 0 Å².